The summed E-state index contributed by atoms with van der Waals surface area (Å²) in [5.41, 5.74) is 7.99. The molecule has 1 heterocycles. The number of nitrogens with two attached hydrogens (primary N) is 1. The van der Waals surface area contributed by atoms with Gasteiger partial charge in [-0.2, -0.15) is 15.0 Å². The first kappa shape index (κ1) is 18.2. The maximum Gasteiger partial charge on any atom is 0.233 e. The molecular weight excluding hydrogens is 346 g/mol. The van der Waals surface area contributed by atoms with Gasteiger partial charge in [0.2, 0.25) is 17.8 Å². The van der Waals surface area contributed by atoms with Crippen LogP contribution in [-0.4, -0.2) is 40.3 Å². The average Bonchev–Trinajstić information content (AvgIpc) is 2.67. The van der Waals surface area contributed by atoms with Crippen LogP contribution in [-0.2, 0) is 0 Å². The SMILES string of the molecule is COc1ccc(Nc2nc(NCCO)nc(Nc3cccc(N)c3)n2)cc1. The Labute approximate surface area is 156 Å². The van der Waals surface area contributed by atoms with Crippen molar-refractivity contribution in [2.75, 3.05) is 41.9 Å². The summed E-state index contributed by atoms with van der Waals surface area (Å²) >= 11 is 0. The molecule has 2 aromatic carbocycles. The molecule has 140 valence electrons. The van der Waals surface area contributed by atoms with Crippen LogP contribution in [0.5, 0.6) is 5.75 Å². The highest BCUT2D eigenvalue weighted by molar-refractivity contribution is 5.62. The number of nitrogens with one attached hydrogen (secondary N) is 3. The van der Waals surface area contributed by atoms with Crippen LogP contribution >= 0.6 is 0 Å². The number of aliphatic hydroxyl groups is 1. The van der Waals surface area contributed by atoms with Crippen molar-refractivity contribution in [1.82, 2.24) is 15.0 Å². The predicted molar refractivity (Wildman–Crippen MR) is 106 cm³/mol. The van der Waals surface area contributed by atoms with Gasteiger partial charge in [0.25, 0.3) is 0 Å². The number of methoxy groups -OCH3 is 1. The van der Waals surface area contributed by atoms with E-state index in [0.29, 0.717) is 30.1 Å². The number of hydrogen-bond donors (Lipinski definition) is 5. The normalized spacial score (nSPS) is 10.3. The quantitative estimate of drug-likeness (QED) is 0.381. The van der Waals surface area contributed by atoms with Crippen molar-refractivity contribution in [2.45, 2.75) is 0 Å². The summed E-state index contributed by atoms with van der Waals surface area (Å²) in [6.45, 7) is 0.286. The van der Waals surface area contributed by atoms with Crippen LogP contribution in [0.4, 0.5) is 34.9 Å². The third kappa shape index (κ3) is 5.19. The predicted octanol–water partition coefficient (Wildman–Crippen LogP) is 2.35. The molecule has 9 nitrogen and oxygen atoms in total. The van der Waals surface area contributed by atoms with E-state index in [1.165, 1.54) is 0 Å². The second-order valence-electron chi connectivity index (χ2n) is 5.56. The summed E-state index contributed by atoms with van der Waals surface area (Å²) in [4.78, 5) is 13.0. The molecule has 0 aliphatic heterocycles. The Morgan fingerprint density at radius 1 is 0.926 bits per heavy atom. The molecule has 0 aliphatic rings. The standard InChI is InChI=1S/C18H21N7O2/c1-27-15-7-5-13(6-8-15)21-17-23-16(20-9-10-26)24-18(25-17)22-14-4-2-3-12(19)11-14/h2-8,11,26H,9-10,19H2,1H3,(H3,20,21,22,23,24,25). The molecule has 3 rings (SSSR count). The third-order valence-corrected chi connectivity index (χ3v) is 3.52. The van der Waals surface area contributed by atoms with Crippen molar-refractivity contribution >= 4 is 34.9 Å². The summed E-state index contributed by atoms with van der Waals surface area (Å²) in [6, 6.07) is 14.6. The monoisotopic (exact) mass is 367 g/mol. The third-order valence-electron chi connectivity index (χ3n) is 3.52. The van der Waals surface area contributed by atoms with Gasteiger partial charge in [0.15, 0.2) is 0 Å². The summed E-state index contributed by atoms with van der Waals surface area (Å²) in [5, 5.41) is 18.2. The lowest BCUT2D eigenvalue weighted by molar-refractivity contribution is 0.311. The van der Waals surface area contributed by atoms with Gasteiger partial charge in [0.05, 0.1) is 13.7 Å². The number of ether oxygens (including phenoxy) is 1. The maximum atomic E-state index is 9.03. The maximum absolute atomic E-state index is 9.03. The van der Waals surface area contributed by atoms with Crippen molar-refractivity contribution in [3.05, 3.63) is 48.5 Å². The average molecular weight is 367 g/mol. The highest BCUT2D eigenvalue weighted by Gasteiger charge is 2.08. The summed E-state index contributed by atoms with van der Waals surface area (Å²) < 4.78 is 5.16. The van der Waals surface area contributed by atoms with Crippen molar-refractivity contribution in [3.8, 4) is 5.75 Å². The Balaban J connectivity index is 1.84. The number of aliphatic hydroxyl groups excluding tert-OH is 1. The molecule has 0 spiro atoms. The zero-order valence-electron chi connectivity index (χ0n) is 14.8. The van der Waals surface area contributed by atoms with E-state index >= 15 is 0 Å². The molecule has 0 radical (unpaired) electrons. The van der Waals surface area contributed by atoms with Crippen LogP contribution < -0.4 is 26.4 Å². The Bertz CT molecular complexity index is 887. The molecule has 0 aliphatic carbocycles. The van der Waals surface area contributed by atoms with Crippen LogP contribution in [0.15, 0.2) is 48.5 Å². The fraction of sp³-hybridized carbons (Fsp3) is 0.167. The summed E-state index contributed by atoms with van der Waals surface area (Å²) in [5.74, 6) is 1.78. The molecule has 1 aromatic heterocycles. The fourth-order valence-corrected chi connectivity index (χ4v) is 2.28. The summed E-state index contributed by atoms with van der Waals surface area (Å²) in [7, 11) is 1.61. The molecule has 9 heteroatoms. The van der Waals surface area contributed by atoms with Crippen LogP contribution in [0.3, 0.4) is 0 Å². The first-order chi connectivity index (χ1) is 13.2. The second-order valence-corrected chi connectivity index (χ2v) is 5.56. The molecule has 0 fully saturated rings. The van der Waals surface area contributed by atoms with Crippen LogP contribution in [0.1, 0.15) is 0 Å². The summed E-state index contributed by atoms with van der Waals surface area (Å²) in [6.07, 6.45) is 0. The van der Waals surface area contributed by atoms with Crippen molar-refractivity contribution < 1.29 is 9.84 Å². The Morgan fingerprint density at radius 3 is 2.22 bits per heavy atom. The topological polar surface area (TPSA) is 130 Å². The van der Waals surface area contributed by atoms with Gasteiger partial charge in [-0.15, -0.1) is 0 Å². The first-order valence-electron chi connectivity index (χ1n) is 8.31. The highest BCUT2D eigenvalue weighted by Crippen LogP contribution is 2.21. The van der Waals surface area contributed by atoms with E-state index in [1.807, 2.05) is 36.4 Å². The van der Waals surface area contributed by atoms with Gasteiger partial charge < -0.3 is 31.5 Å². The minimum absolute atomic E-state index is 0.0368. The number of hydrogen-bond acceptors (Lipinski definition) is 9. The van der Waals surface area contributed by atoms with Crippen molar-refractivity contribution in [1.29, 1.82) is 0 Å². The minimum Gasteiger partial charge on any atom is -0.497 e. The second kappa shape index (κ2) is 8.68. The zero-order chi connectivity index (χ0) is 19.1. The van der Waals surface area contributed by atoms with Gasteiger partial charge in [0, 0.05) is 23.6 Å². The minimum atomic E-state index is -0.0368. The van der Waals surface area contributed by atoms with E-state index in [4.69, 9.17) is 15.6 Å². The lowest BCUT2D eigenvalue weighted by Crippen LogP contribution is -2.12. The van der Waals surface area contributed by atoms with Crippen LogP contribution in [0.2, 0.25) is 0 Å². The van der Waals surface area contributed by atoms with E-state index in [0.717, 1.165) is 17.1 Å². The number of rotatable bonds is 8. The van der Waals surface area contributed by atoms with Crippen molar-refractivity contribution in [2.24, 2.45) is 0 Å². The molecule has 27 heavy (non-hydrogen) atoms. The molecule has 0 atom stereocenters. The molecule has 0 unspecified atom stereocenters. The van der Waals surface area contributed by atoms with Crippen molar-refractivity contribution in [3.63, 3.8) is 0 Å². The van der Waals surface area contributed by atoms with Gasteiger partial charge in [-0.3, -0.25) is 0 Å². The van der Waals surface area contributed by atoms with E-state index in [2.05, 4.69) is 30.9 Å². The van der Waals surface area contributed by atoms with Crippen LogP contribution in [0.25, 0.3) is 0 Å². The molecular formula is C18H21N7O2. The molecule has 0 saturated heterocycles. The van der Waals surface area contributed by atoms with E-state index in [9.17, 15) is 0 Å². The van der Waals surface area contributed by atoms with Gasteiger partial charge in [-0.05, 0) is 42.5 Å². The highest BCUT2D eigenvalue weighted by atomic mass is 16.5. The first-order valence-corrected chi connectivity index (χ1v) is 8.31. The van der Waals surface area contributed by atoms with Gasteiger partial charge >= 0.3 is 0 Å². The van der Waals surface area contributed by atoms with Gasteiger partial charge in [-0.1, -0.05) is 6.07 Å². The molecule has 3 aromatic rings. The van der Waals surface area contributed by atoms with Gasteiger partial charge in [-0.25, -0.2) is 0 Å². The molecule has 0 saturated carbocycles. The largest absolute Gasteiger partial charge is 0.497 e. The number of nitrogen functional groups attached to an aromatic ring is 1. The smallest absolute Gasteiger partial charge is 0.233 e. The molecule has 6 N–H and O–H groups in total. The Morgan fingerprint density at radius 2 is 1.59 bits per heavy atom. The van der Waals surface area contributed by atoms with E-state index in [-0.39, 0.29) is 6.61 Å². The lowest BCUT2D eigenvalue weighted by atomic mass is 10.3. The van der Waals surface area contributed by atoms with Gasteiger partial charge in [0.1, 0.15) is 5.75 Å². The Hall–Kier alpha value is -3.59. The Kier molecular flexibility index (Phi) is 5.85. The van der Waals surface area contributed by atoms with Crippen LogP contribution in [0, 0.1) is 0 Å². The number of aromatic nitrogens is 3. The fourth-order valence-electron chi connectivity index (χ4n) is 2.28. The molecule has 0 bridgehead atoms. The number of benzene rings is 2. The lowest BCUT2D eigenvalue weighted by Gasteiger charge is -2.11. The number of anilines is 6. The zero-order valence-corrected chi connectivity index (χ0v) is 14.8. The number of nitrogens with zero attached hydrogens (tertiary/aromatic N) is 3. The van der Waals surface area contributed by atoms with E-state index in [1.54, 1.807) is 19.2 Å². The molecule has 0 amide bonds. The van der Waals surface area contributed by atoms with E-state index < -0.39 is 0 Å².